The van der Waals surface area contributed by atoms with Crippen molar-refractivity contribution in [1.29, 1.82) is 0 Å². The number of carboxylic acid groups (broad SMARTS) is 2. The molecule has 3 rings (SSSR count). The van der Waals surface area contributed by atoms with Crippen LogP contribution in [0.1, 0.15) is 59.3 Å². The van der Waals surface area contributed by atoms with Crippen LogP contribution in [0.25, 0.3) is 0 Å². The number of fused-ring (bicyclic) bond motifs is 2. The summed E-state index contributed by atoms with van der Waals surface area (Å²) in [6, 6.07) is -1.23. The lowest BCUT2D eigenvalue weighted by atomic mass is 9.76. The summed E-state index contributed by atoms with van der Waals surface area (Å²) in [6.07, 6.45) is 9.86. The predicted molar refractivity (Wildman–Crippen MR) is 125 cm³/mol. The first-order chi connectivity index (χ1) is 16.5. The van der Waals surface area contributed by atoms with Gasteiger partial charge >= 0.3 is 17.9 Å². The summed E-state index contributed by atoms with van der Waals surface area (Å²) in [6.45, 7) is 5.17. The number of hydrogen-bond acceptors (Lipinski definition) is 7. The Labute approximate surface area is 203 Å². The van der Waals surface area contributed by atoms with Crippen molar-refractivity contribution in [2.45, 2.75) is 70.9 Å². The van der Waals surface area contributed by atoms with E-state index in [0.29, 0.717) is 17.7 Å². The molecule has 1 unspecified atom stereocenters. The summed E-state index contributed by atoms with van der Waals surface area (Å²) in [5.41, 5.74) is -0.620. The molecule has 0 aromatic rings. The average Bonchev–Trinajstić information content (AvgIpc) is 3.05. The molecule has 1 aliphatic carbocycles. The van der Waals surface area contributed by atoms with Crippen LogP contribution in [-0.2, 0) is 28.7 Å². The third-order valence-electron chi connectivity index (χ3n) is 6.32. The Morgan fingerprint density at radius 2 is 1.86 bits per heavy atom. The van der Waals surface area contributed by atoms with Gasteiger partial charge in [-0.05, 0) is 50.5 Å². The van der Waals surface area contributed by atoms with E-state index in [4.69, 9.17) is 9.84 Å². The fraction of sp³-hybridized carbons (Fsp3) is 0.423. The lowest BCUT2D eigenvalue weighted by molar-refractivity contribution is -0.153. The van der Waals surface area contributed by atoms with Gasteiger partial charge in [0.15, 0.2) is 11.4 Å². The molecule has 186 valence electrons. The largest absolute Gasteiger partial charge is 0.481 e. The number of carboxylic acids is 2. The zero-order valence-corrected chi connectivity index (χ0v) is 20.0. The predicted octanol–water partition coefficient (Wildman–Crippen LogP) is 3.23. The van der Waals surface area contributed by atoms with Crippen LogP contribution in [0.5, 0.6) is 0 Å². The monoisotopic (exact) mass is 483 g/mol. The third kappa shape index (κ3) is 4.89. The van der Waals surface area contributed by atoms with Crippen LogP contribution in [0.3, 0.4) is 0 Å². The standard InChI is InChI=1S/C26H29NO8/c1-4-6-7-9-20(28)22-18-13-15-12-16(8-5-2)27(19(24(32)33)10-11-21(29)30)14-17(15)23(31)26(18,3)35-25(22)34/h5,8,12-14,19H,4,6-7,9-11H2,1-3H3,(H,29,30)(H,32,33)/b8-5+/t19-,26?/m0/s1. The fourth-order valence-corrected chi connectivity index (χ4v) is 4.48. The normalized spacial score (nSPS) is 22.3. The highest BCUT2D eigenvalue weighted by Crippen LogP contribution is 2.45. The molecule has 2 N–H and O–H groups in total. The zero-order valence-electron chi connectivity index (χ0n) is 20.0. The van der Waals surface area contributed by atoms with Crippen LogP contribution in [0, 0.1) is 0 Å². The SMILES string of the molecule is C/C=C/C1=CC2=CC3=C(C(=O)CCCCC)C(=O)OC3(C)C(=O)C2=CN1[C@@H](CCC(=O)O)C(=O)O. The minimum Gasteiger partial charge on any atom is -0.481 e. The maximum Gasteiger partial charge on any atom is 0.343 e. The molecule has 9 nitrogen and oxygen atoms in total. The summed E-state index contributed by atoms with van der Waals surface area (Å²) in [5, 5.41) is 18.8. The first kappa shape index (κ1) is 25.9. The zero-order chi connectivity index (χ0) is 25.9. The molecule has 0 saturated carbocycles. The molecule has 0 spiro atoms. The third-order valence-corrected chi connectivity index (χ3v) is 6.32. The molecule has 0 amide bonds. The number of carbonyl (C=O) groups is 5. The molecule has 2 atom stereocenters. The van der Waals surface area contributed by atoms with Gasteiger partial charge in [0.1, 0.15) is 11.6 Å². The van der Waals surface area contributed by atoms with Gasteiger partial charge in [0.2, 0.25) is 5.78 Å². The van der Waals surface area contributed by atoms with E-state index in [-0.39, 0.29) is 41.8 Å². The summed E-state index contributed by atoms with van der Waals surface area (Å²) < 4.78 is 5.43. The molecule has 3 aliphatic rings. The van der Waals surface area contributed by atoms with Gasteiger partial charge in [0, 0.05) is 35.9 Å². The molecule has 0 saturated heterocycles. The van der Waals surface area contributed by atoms with Crippen LogP contribution in [0.4, 0.5) is 0 Å². The summed E-state index contributed by atoms with van der Waals surface area (Å²) >= 11 is 0. The fourth-order valence-electron chi connectivity index (χ4n) is 4.48. The maximum atomic E-state index is 13.6. The van der Waals surface area contributed by atoms with Crippen LogP contribution < -0.4 is 0 Å². The number of esters is 1. The van der Waals surface area contributed by atoms with Crippen molar-refractivity contribution in [1.82, 2.24) is 4.90 Å². The second kappa shape index (κ2) is 10.2. The Kier molecular flexibility index (Phi) is 7.57. The van der Waals surface area contributed by atoms with Gasteiger partial charge in [-0.3, -0.25) is 14.4 Å². The molecule has 0 radical (unpaired) electrons. The highest BCUT2D eigenvalue weighted by molar-refractivity contribution is 6.25. The minimum atomic E-state index is -1.69. The van der Waals surface area contributed by atoms with Crippen LogP contribution in [-0.4, -0.2) is 56.2 Å². The Bertz CT molecular complexity index is 1140. The number of rotatable bonds is 11. The van der Waals surface area contributed by atoms with E-state index in [1.54, 1.807) is 31.2 Å². The molecule has 0 bridgehead atoms. The van der Waals surface area contributed by atoms with E-state index in [1.165, 1.54) is 18.0 Å². The number of hydrogen-bond donors (Lipinski definition) is 2. The van der Waals surface area contributed by atoms with Gasteiger partial charge in [0.05, 0.1) is 0 Å². The van der Waals surface area contributed by atoms with Crippen molar-refractivity contribution in [3.05, 3.63) is 58.5 Å². The summed E-state index contributed by atoms with van der Waals surface area (Å²) in [5.74, 6) is -4.16. The molecule has 0 aromatic heterocycles. The van der Waals surface area contributed by atoms with E-state index in [9.17, 15) is 29.1 Å². The molecule has 0 aromatic carbocycles. The van der Waals surface area contributed by atoms with Crippen molar-refractivity contribution in [3.8, 4) is 0 Å². The summed E-state index contributed by atoms with van der Waals surface area (Å²) in [4.78, 5) is 63.5. The first-order valence-corrected chi connectivity index (χ1v) is 11.6. The topological polar surface area (TPSA) is 138 Å². The average molecular weight is 484 g/mol. The van der Waals surface area contributed by atoms with Crippen LogP contribution in [0.15, 0.2) is 58.5 Å². The van der Waals surface area contributed by atoms with Crippen molar-refractivity contribution >= 4 is 29.5 Å². The Balaban J connectivity index is 2.10. The van der Waals surface area contributed by atoms with Crippen molar-refractivity contribution < 1.29 is 38.9 Å². The smallest absolute Gasteiger partial charge is 0.343 e. The van der Waals surface area contributed by atoms with Gasteiger partial charge in [-0.15, -0.1) is 0 Å². The minimum absolute atomic E-state index is 0.114. The highest BCUT2D eigenvalue weighted by Gasteiger charge is 2.54. The number of ether oxygens (including phenoxy) is 1. The summed E-state index contributed by atoms with van der Waals surface area (Å²) in [7, 11) is 0. The van der Waals surface area contributed by atoms with E-state index >= 15 is 0 Å². The Morgan fingerprint density at radius 3 is 2.46 bits per heavy atom. The van der Waals surface area contributed by atoms with Gasteiger partial charge in [-0.1, -0.05) is 25.8 Å². The number of Topliss-reactive ketones (excluding diaryl/α,β-unsaturated/α-hetero) is 2. The number of nitrogens with zero attached hydrogens (tertiary/aromatic N) is 1. The van der Waals surface area contributed by atoms with Gasteiger partial charge in [-0.2, -0.15) is 0 Å². The van der Waals surface area contributed by atoms with Crippen molar-refractivity contribution in [2.24, 2.45) is 0 Å². The maximum absolute atomic E-state index is 13.6. The van der Waals surface area contributed by atoms with Gasteiger partial charge in [-0.25, -0.2) is 9.59 Å². The first-order valence-electron chi connectivity index (χ1n) is 11.6. The molecule has 2 aliphatic heterocycles. The number of unbranched alkanes of at least 4 members (excludes halogenated alkanes) is 2. The number of ketones is 2. The Morgan fingerprint density at radius 1 is 1.14 bits per heavy atom. The number of aliphatic carboxylic acids is 2. The lowest BCUT2D eigenvalue weighted by Gasteiger charge is -2.36. The molecule has 0 fully saturated rings. The van der Waals surface area contributed by atoms with Gasteiger partial charge < -0.3 is 19.8 Å². The van der Waals surface area contributed by atoms with Crippen molar-refractivity contribution in [2.75, 3.05) is 0 Å². The molecular weight excluding hydrogens is 454 g/mol. The van der Waals surface area contributed by atoms with Crippen LogP contribution >= 0.6 is 0 Å². The number of allylic oxidation sites excluding steroid dienone is 4. The highest BCUT2D eigenvalue weighted by atomic mass is 16.6. The molecule has 35 heavy (non-hydrogen) atoms. The molecule has 9 heteroatoms. The second-order valence-corrected chi connectivity index (χ2v) is 8.83. The molecular formula is C26H29NO8. The van der Waals surface area contributed by atoms with E-state index < -0.39 is 35.3 Å². The van der Waals surface area contributed by atoms with E-state index in [2.05, 4.69) is 0 Å². The second-order valence-electron chi connectivity index (χ2n) is 8.83. The van der Waals surface area contributed by atoms with E-state index in [1.807, 2.05) is 6.92 Å². The Hall–Kier alpha value is -3.75. The van der Waals surface area contributed by atoms with Gasteiger partial charge in [0.25, 0.3) is 0 Å². The lowest BCUT2D eigenvalue weighted by Crippen LogP contribution is -2.44. The molecule has 2 heterocycles. The van der Waals surface area contributed by atoms with E-state index in [0.717, 1.165) is 12.8 Å². The van der Waals surface area contributed by atoms with Crippen molar-refractivity contribution in [3.63, 3.8) is 0 Å². The quantitative estimate of drug-likeness (QED) is 0.258. The van der Waals surface area contributed by atoms with Crippen LogP contribution in [0.2, 0.25) is 0 Å². The number of carbonyl (C=O) groups excluding carboxylic acids is 3.